The van der Waals surface area contributed by atoms with Crippen molar-refractivity contribution in [1.29, 1.82) is 0 Å². The summed E-state index contributed by atoms with van der Waals surface area (Å²) in [5.41, 5.74) is 0.801. The highest BCUT2D eigenvalue weighted by atomic mass is 35.5. The van der Waals surface area contributed by atoms with Crippen molar-refractivity contribution in [3.05, 3.63) is 63.0 Å². The zero-order valence-corrected chi connectivity index (χ0v) is 16.4. The molecule has 2 N–H and O–H groups in total. The average molecular weight is 403 g/mol. The van der Waals surface area contributed by atoms with Crippen LogP contribution in [0.2, 0.25) is 5.02 Å². The number of nitrogens with zero attached hydrogens (tertiary/aromatic N) is 1. The van der Waals surface area contributed by atoms with Crippen LogP contribution in [-0.2, 0) is 0 Å². The Balaban J connectivity index is 1.45. The smallest absolute Gasteiger partial charge is 0.254 e. The van der Waals surface area contributed by atoms with E-state index < -0.39 is 6.10 Å². The molecule has 7 heteroatoms. The van der Waals surface area contributed by atoms with Gasteiger partial charge in [0.2, 0.25) is 5.56 Å². The lowest BCUT2D eigenvalue weighted by Crippen LogP contribution is -2.42. The summed E-state index contributed by atoms with van der Waals surface area (Å²) < 4.78 is 5.99. The second-order valence-corrected chi connectivity index (χ2v) is 8.24. The van der Waals surface area contributed by atoms with Gasteiger partial charge >= 0.3 is 0 Å². The molecule has 6 nitrogen and oxygen atoms in total. The number of aliphatic hydroxyl groups is 1. The second kappa shape index (κ2) is 7.60. The lowest BCUT2D eigenvalue weighted by atomic mass is 9.78. The van der Waals surface area contributed by atoms with Crippen LogP contribution in [0.15, 0.2) is 41.2 Å². The molecule has 4 atom stereocenters. The number of ether oxygens (including phenoxy) is 1. The Bertz CT molecular complexity index is 944. The number of hydrogen-bond acceptors (Lipinski definition) is 4. The minimum atomic E-state index is -0.586. The fourth-order valence-electron chi connectivity index (χ4n) is 4.39. The van der Waals surface area contributed by atoms with Crippen LogP contribution in [0.3, 0.4) is 0 Å². The highest BCUT2D eigenvalue weighted by molar-refractivity contribution is 6.30. The fourth-order valence-corrected chi connectivity index (χ4v) is 4.57. The summed E-state index contributed by atoms with van der Waals surface area (Å²) >= 11 is 6.01. The Kier molecular flexibility index (Phi) is 5.17. The lowest BCUT2D eigenvalue weighted by molar-refractivity contribution is -0.0231. The Labute approximate surface area is 168 Å². The largest absolute Gasteiger partial charge is 0.488 e. The molecule has 148 valence electrons. The summed E-state index contributed by atoms with van der Waals surface area (Å²) in [6, 6.07) is 10.2. The molecule has 2 aliphatic rings. The van der Waals surface area contributed by atoms with Crippen molar-refractivity contribution in [3.8, 4) is 5.75 Å². The molecular formula is C21H23ClN2O4. The molecule has 1 saturated heterocycles. The molecule has 4 rings (SSSR count). The van der Waals surface area contributed by atoms with Crippen molar-refractivity contribution in [2.45, 2.75) is 32.0 Å². The van der Waals surface area contributed by atoms with E-state index >= 15 is 0 Å². The number of aromatic amines is 1. The van der Waals surface area contributed by atoms with Crippen molar-refractivity contribution in [2.75, 3.05) is 13.1 Å². The minimum Gasteiger partial charge on any atom is -0.488 e. The van der Waals surface area contributed by atoms with Crippen LogP contribution in [0.5, 0.6) is 5.75 Å². The number of aryl methyl sites for hydroxylation is 1. The van der Waals surface area contributed by atoms with Gasteiger partial charge < -0.3 is 19.7 Å². The zero-order chi connectivity index (χ0) is 19.8. The third kappa shape index (κ3) is 3.93. The number of hydrogen-bond donors (Lipinski definition) is 2. The molecule has 1 amide bonds. The number of halogens is 1. The summed E-state index contributed by atoms with van der Waals surface area (Å²) in [5.74, 6) is 1.01. The van der Waals surface area contributed by atoms with E-state index in [9.17, 15) is 14.7 Å². The molecule has 28 heavy (non-hydrogen) atoms. The maximum Gasteiger partial charge on any atom is 0.254 e. The first-order chi connectivity index (χ1) is 13.4. The number of benzene rings is 1. The Morgan fingerprint density at radius 1 is 1.21 bits per heavy atom. The number of amides is 1. The van der Waals surface area contributed by atoms with Gasteiger partial charge in [-0.15, -0.1) is 0 Å². The van der Waals surface area contributed by atoms with Crippen molar-refractivity contribution in [1.82, 2.24) is 9.88 Å². The standard InChI is InChI=1S/C21H23ClN2O4/c1-12-5-13(8-20(26)23-12)21(27)24-10-14-6-18(25)19(7-15(14)11-24)28-17-4-2-3-16(22)9-17/h2-5,8-9,14-15,18-19,25H,6-7,10-11H2,1H3,(H,23,26)/t14-,15+,18+,19+/m0/s1. The molecule has 2 fully saturated rings. The normalized spacial score (nSPS) is 26.8. The predicted octanol–water partition coefficient (Wildman–Crippen LogP) is 2.63. The molecule has 2 aromatic rings. The van der Waals surface area contributed by atoms with Gasteiger partial charge in [-0.1, -0.05) is 17.7 Å². The zero-order valence-electron chi connectivity index (χ0n) is 15.6. The van der Waals surface area contributed by atoms with Crippen LogP contribution in [0, 0.1) is 18.8 Å². The Morgan fingerprint density at radius 3 is 2.68 bits per heavy atom. The Morgan fingerprint density at radius 2 is 1.96 bits per heavy atom. The van der Waals surface area contributed by atoms with E-state index in [1.54, 1.807) is 30.0 Å². The van der Waals surface area contributed by atoms with Gasteiger partial charge in [0, 0.05) is 35.4 Å². The van der Waals surface area contributed by atoms with Crippen LogP contribution >= 0.6 is 11.6 Å². The highest BCUT2D eigenvalue weighted by Gasteiger charge is 2.44. The van der Waals surface area contributed by atoms with Crippen LogP contribution in [0.25, 0.3) is 0 Å². The first kappa shape index (κ1) is 19.0. The molecule has 0 bridgehead atoms. The number of pyridine rings is 1. The summed E-state index contributed by atoms with van der Waals surface area (Å²) in [6.45, 7) is 2.96. The maximum atomic E-state index is 12.9. The van der Waals surface area contributed by atoms with Crippen LogP contribution in [0.4, 0.5) is 0 Å². The summed E-state index contributed by atoms with van der Waals surface area (Å²) in [5, 5.41) is 11.1. The van der Waals surface area contributed by atoms with Gasteiger partial charge in [-0.3, -0.25) is 9.59 Å². The number of H-pyrrole nitrogens is 1. The third-order valence-electron chi connectivity index (χ3n) is 5.68. The van der Waals surface area contributed by atoms with Crippen LogP contribution in [-0.4, -0.2) is 46.2 Å². The summed E-state index contributed by atoms with van der Waals surface area (Å²) in [4.78, 5) is 29.0. The summed E-state index contributed by atoms with van der Waals surface area (Å²) in [6.07, 6.45) is 0.360. The molecule has 1 aromatic heterocycles. The highest BCUT2D eigenvalue weighted by Crippen LogP contribution is 2.38. The number of rotatable bonds is 3. The van der Waals surface area contributed by atoms with Gasteiger partial charge in [-0.25, -0.2) is 0 Å². The number of nitrogens with one attached hydrogen (secondary N) is 1. The van der Waals surface area contributed by atoms with E-state index in [-0.39, 0.29) is 29.4 Å². The molecule has 0 unspecified atom stereocenters. The van der Waals surface area contributed by atoms with Crippen molar-refractivity contribution >= 4 is 17.5 Å². The van der Waals surface area contributed by atoms with Crippen LogP contribution < -0.4 is 10.3 Å². The number of carbonyl (C=O) groups is 1. The van der Waals surface area contributed by atoms with Crippen molar-refractivity contribution in [2.24, 2.45) is 11.8 Å². The SMILES string of the molecule is Cc1cc(C(=O)N2C[C@H]3C[C@@H](Oc4cccc(Cl)c4)[C@H](O)C[C@H]3C2)cc(=O)[nH]1. The molecule has 1 aliphatic carbocycles. The molecule has 0 spiro atoms. The molecule has 1 aromatic carbocycles. The van der Waals surface area contributed by atoms with E-state index in [2.05, 4.69) is 4.98 Å². The number of aliphatic hydroxyl groups excluding tert-OH is 1. The first-order valence-corrected chi connectivity index (χ1v) is 9.87. The van der Waals surface area contributed by atoms with Crippen molar-refractivity contribution < 1.29 is 14.6 Å². The van der Waals surface area contributed by atoms with Gasteiger partial charge in [-0.2, -0.15) is 0 Å². The van der Waals surface area contributed by atoms with E-state index in [0.29, 0.717) is 48.0 Å². The first-order valence-electron chi connectivity index (χ1n) is 9.49. The number of fused-ring (bicyclic) bond motifs is 1. The van der Waals surface area contributed by atoms with E-state index in [4.69, 9.17) is 16.3 Å². The maximum absolute atomic E-state index is 12.9. The van der Waals surface area contributed by atoms with E-state index in [0.717, 1.165) is 0 Å². The summed E-state index contributed by atoms with van der Waals surface area (Å²) in [7, 11) is 0. The molecule has 1 aliphatic heterocycles. The molecular weight excluding hydrogens is 380 g/mol. The van der Waals surface area contributed by atoms with Gasteiger partial charge in [0.25, 0.3) is 5.91 Å². The molecule has 0 radical (unpaired) electrons. The van der Waals surface area contributed by atoms with Crippen molar-refractivity contribution in [3.63, 3.8) is 0 Å². The van der Waals surface area contributed by atoms with Gasteiger partial charge in [0.15, 0.2) is 0 Å². The second-order valence-electron chi connectivity index (χ2n) is 7.80. The lowest BCUT2D eigenvalue weighted by Gasteiger charge is -2.35. The van der Waals surface area contributed by atoms with E-state index in [1.807, 2.05) is 12.1 Å². The predicted molar refractivity (Wildman–Crippen MR) is 106 cm³/mol. The minimum absolute atomic E-state index is 0.134. The van der Waals surface area contributed by atoms with Gasteiger partial charge in [0.1, 0.15) is 11.9 Å². The molecule has 1 saturated carbocycles. The number of likely N-dealkylation sites (tertiary alicyclic amines) is 1. The van der Waals surface area contributed by atoms with Crippen LogP contribution in [0.1, 0.15) is 28.9 Å². The number of aromatic nitrogens is 1. The fraction of sp³-hybridized carbons (Fsp3) is 0.429. The number of carbonyl (C=O) groups excluding carboxylic acids is 1. The third-order valence-corrected chi connectivity index (χ3v) is 5.92. The van der Waals surface area contributed by atoms with Gasteiger partial charge in [0.05, 0.1) is 6.10 Å². The van der Waals surface area contributed by atoms with Gasteiger partial charge in [-0.05, 0) is 55.9 Å². The Hall–Kier alpha value is -2.31. The quantitative estimate of drug-likeness (QED) is 0.826. The topological polar surface area (TPSA) is 82.6 Å². The van der Waals surface area contributed by atoms with E-state index in [1.165, 1.54) is 6.07 Å². The monoisotopic (exact) mass is 402 g/mol. The molecule has 2 heterocycles. The average Bonchev–Trinajstić information content (AvgIpc) is 3.03.